The van der Waals surface area contributed by atoms with E-state index in [4.69, 9.17) is 0 Å². The highest BCUT2D eigenvalue weighted by atomic mass is 19.3. The van der Waals surface area contributed by atoms with E-state index >= 15 is 0 Å². The third-order valence-electron chi connectivity index (χ3n) is 4.41. The topological polar surface area (TPSA) is 23.5 Å². The molecular formula is C10H15F2NO. The molecule has 1 N–H and O–H groups in total. The molecule has 80 valence electrons. The zero-order valence-electron chi connectivity index (χ0n) is 8.10. The van der Waals surface area contributed by atoms with Gasteiger partial charge in [-0.05, 0) is 25.8 Å². The van der Waals surface area contributed by atoms with Crippen LogP contribution in [0.25, 0.3) is 0 Å². The first-order valence-electron chi connectivity index (χ1n) is 5.28. The molecular weight excluding hydrogens is 188 g/mol. The lowest BCUT2D eigenvalue weighted by Crippen LogP contribution is -2.41. The molecule has 2 atom stereocenters. The molecule has 0 aromatic carbocycles. The fraction of sp³-hybridized carbons (Fsp3) is 1.00. The van der Waals surface area contributed by atoms with E-state index in [1.807, 2.05) is 0 Å². The van der Waals surface area contributed by atoms with E-state index in [-0.39, 0.29) is 18.6 Å². The van der Waals surface area contributed by atoms with Gasteiger partial charge in [0.25, 0.3) is 5.92 Å². The summed E-state index contributed by atoms with van der Waals surface area (Å²) in [6.07, 6.45) is 2.48. The van der Waals surface area contributed by atoms with Gasteiger partial charge < -0.3 is 5.11 Å². The van der Waals surface area contributed by atoms with E-state index in [0.717, 1.165) is 19.4 Å². The molecule has 2 nitrogen and oxygen atoms in total. The fourth-order valence-electron chi connectivity index (χ4n) is 3.47. The van der Waals surface area contributed by atoms with Gasteiger partial charge in [-0.25, -0.2) is 8.78 Å². The first-order chi connectivity index (χ1) is 6.54. The fourth-order valence-corrected chi connectivity index (χ4v) is 3.47. The number of hydrogen-bond donors (Lipinski definition) is 1. The Morgan fingerprint density at radius 1 is 1.29 bits per heavy atom. The first-order valence-corrected chi connectivity index (χ1v) is 5.28. The van der Waals surface area contributed by atoms with Crippen LogP contribution in [0.15, 0.2) is 0 Å². The van der Waals surface area contributed by atoms with Crippen molar-refractivity contribution in [3.63, 3.8) is 0 Å². The lowest BCUT2D eigenvalue weighted by atomic mass is 9.89. The van der Waals surface area contributed by atoms with Crippen molar-refractivity contribution in [2.45, 2.75) is 37.1 Å². The molecule has 3 aliphatic rings. The van der Waals surface area contributed by atoms with E-state index in [0.29, 0.717) is 13.0 Å². The van der Waals surface area contributed by atoms with Crippen LogP contribution in [-0.2, 0) is 0 Å². The van der Waals surface area contributed by atoms with Crippen molar-refractivity contribution in [1.29, 1.82) is 0 Å². The van der Waals surface area contributed by atoms with Crippen molar-refractivity contribution < 1.29 is 13.9 Å². The van der Waals surface area contributed by atoms with Crippen molar-refractivity contribution >= 4 is 0 Å². The SMILES string of the molecule is OC[C@]12CCCN1C[C@@]1(CC1(F)F)C2. The Kier molecular flexibility index (Phi) is 1.48. The molecule has 1 spiro atoms. The summed E-state index contributed by atoms with van der Waals surface area (Å²) >= 11 is 0. The van der Waals surface area contributed by atoms with Crippen molar-refractivity contribution in [3.8, 4) is 0 Å². The van der Waals surface area contributed by atoms with Gasteiger partial charge in [-0.3, -0.25) is 4.90 Å². The zero-order chi connectivity index (χ0) is 10.0. The molecule has 0 aromatic heterocycles. The second kappa shape index (κ2) is 2.30. The second-order valence-corrected chi connectivity index (χ2v) is 5.25. The molecule has 1 aliphatic carbocycles. The van der Waals surface area contributed by atoms with Crippen LogP contribution in [0.5, 0.6) is 0 Å². The van der Waals surface area contributed by atoms with Crippen LogP contribution >= 0.6 is 0 Å². The quantitative estimate of drug-likeness (QED) is 0.693. The zero-order valence-corrected chi connectivity index (χ0v) is 8.10. The molecule has 3 rings (SSSR count). The Labute approximate surface area is 81.9 Å². The van der Waals surface area contributed by atoms with Crippen molar-refractivity contribution in [2.75, 3.05) is 19.7 Å². The summed E-state index contributed by atoms with van der Waals surface area (Å²) in [6.45, 7) is 1.43. The molecule has 1 saturated carbocycles. The third-order valence-corrected chi connectivity index (χ3v) is 4.41. The minimum atomic E-state index is -2.46. The summed E-state index contributed by atoms with van der Waals surface area (Å²) in [7, 11) is 0. The summed E-state index contributed by atoms with van der Waals surface area (Å²) < 4.78 is 26.4. The van der Waals surface area contributed by atoms with Gasteiger partial charge in [0.1, 0.15) is 0 Å². The van der Waals surface area contributed by atoms with E-state index < -0.39 is 11.3 Å². The molecule has 2 aliphatic heterocycles. The lowest BCUT2D eigenvalue weighted by molar-refractivity contribution is 0.0644. The van der Waals surface area contributed by atoms with E-state index in [9.17, 15) is 13.9 Å². The summed E-state index contributed by atoms with van der Waals surface area (Å²) in [5, 5.41) is 9.37. The number of nitrogens with zero attached hydrogens (tertiary/aromatic N) is 1. The minimum Gasteiger partial charge on any atom is -0.394 e. The van der Waals surface area contributed by atoms with Gasteiger partial charge >= 0.3 is 0 Å². The summed E-state index contributed by atoms with van der Waals surface area (Å²) in [5.74, 6) is -2.46. The Morgan fingerprint density at radius 3 is 2.50 bits per heavy atom. The number of fused-ring (bicyclic) bond motifs is 1. The summed E-state index contributed by atoms with van der Waals surface area (Å²) in [6, 6.07) is 0. The monoisotopic (exact) mass is 203 g/mol. The Hall–Kier alpha value is -0.220. The molecule has 0 amide bonds. The maximum absolute atomic E-state index is 13.2. The standard InChI is InChI=1S/C10H15F2NO/c11-10(12)5-8(10)4-9(7-14)2-1-3-13(9)6-8/h14H,1-7H2/t8-,9+/m0/s1. The Bertz CT molecular complexity index is 283. The van der Waals surface area contributed by atoms with Crippen LogP contribution in [0.2, 0.25) is 0 Å². The van der Waals surface area contributed by atoms with Crippen molar-refractivity contribution in [1.82, 2.24) is 4.90 Å². The van der Waals surface area contributed by atoms with E-state index in [1.54, 1.807) is 0 Å². The third kappa shape index (κ3) is 0.865. The highest BCUT2D eigenvalue weighted by Crippen LogP contribution is 2.69. The van der Waals surface area contributed by atoms with E-state index in [1.165, 1.54) is 0 Å². The van der Waals surface area contributed by atoms with Gasteiger partial charge in [0, 0.05) is 18.5 Å². The van der Waals surface area contributed by atoms with E-state index in [2.05, 4.69) is 4.90 Å². The minimum absolute atomic E-state index is 0.0399. The number of rotatable bonds is 1. The largest absolute Gasteiger partial charge is 0.394 e. The number of alkyl halides is 2. The maximum Gasteiger partial charge on any atom is 0.255 e. The van der Waals surface area contributed by atoms with Gasteiger partial charge in [-0.2, -0.15) is 0 Å². The number of hydrogen-bond acceptors (Lipinski definition) is 2. The van der Waals surface area contributed by atoms with Crippen LogP contribution in [0.1, 0.15) is 25.7 Å². The molecule has 3 fully saturated rings. The van der Waals surface area contributed by atoms with Crippen LogP contribution < -0.4 is 0 Å². The molecule has 2 heterocycles. The van der Waals surface area contributed by atoms with Crippen molar-refractivity contribution in [2.24, 2.45) is 5.41 Å². The predicted octanol–water partition coefficient (Wildman–Crippen LogP) is 1.24. The van der Waals surface area contributed by atoms with Gasteiger partial charge in [-0.1, -0.05) is 0 Å². The summed E-state index contributed by atoms with van der Waals surface area (Å²) in [4.78, 5) is 2.09. The Balaban J connectivity index is 1.87. The Morgan fingerprint density at radius 2 is 2.00 bits per heavy atom. The van der Waals surface area contributed by atoms with Gasteiger partial charge in [-0.15, -0.1) is 0 Å². The molecule has 2 saturated heterocycles. The van der Waals surface area contributed by atoms with Crippen LogP contribution in [0.3, 0.4) is 0 Å². The molecule has 14 heavy (non-hydrogen) atoms. The number of halogens is 2. The van der Waals surface area contributed by atoms with Crippen molar-refractivity contribution in [3.05, 3.63) is 0 Å². The first kappa shape index (κ1) is 9.04. The van der Waals surface area contributed by atoms with Gasteiger partial charge in [0.05, 0.1) is 12.0 Å². The van der Waals surface area contributed by atoms with Gasteiger partial charge in [0.2, 0.25) is 0 Å². The second-order valence-electron chi connectivity index (χ2n) is 5.25. The van der Waals surface area contributed by atoms with Crippen LogP contribution in [-0.4, -0.2) is 41.2 Å². The van der Waals surface area contributed by atoms with Gasteiger partial charge in [0.15, 0.2) is 0 Å². The normalized spacial score (nSPS) is 49.9. The lowest BCUT2D eigenvalue weighted by Gasteiger charge is -2.29. The molecule has 4 heteroatoms. The highest BCUT2D eigenvalue weighted by Gasteiger charge is 2.76. The number of aliphatic hydroxyl groups is 1. The number of aliphatic hydroxyl groups excluding tert-OH is 1. The molecule has 0 bridgehead atoms. The maximum atomic E-state index is 13.2. The smallest absolute Gasteiger partial charge is 0.255 e. The average molecular weight is 203 g/mol. The molecule has 0 unspecified atom stereocenters. The average Bonchev–Trinajstić information content (AvgIpc) is 2.47. The molecule has 0 radical (unpaired) electrons. The highest BCUT2D eigenvalue weighted by molar-refractivity contribution is 5.21. The molecule has 0 aromatic rings. The van der Waals surface area contributed by atoms with Crippen LogP contribution in [0.4, 0.5) is 8.78 Å². The predicted molar refractivity (Wildman–Crippen MR) is 47.2 cm³/mol. The van der Waals surface area contributed by atoms with Crippen LogP contribution in [0, 0.1) is 5.41 Å². The summed E-state index contributed by atoms with van der Waals surface area (Å²) in [5.41, 5.74) is -1.06.